The van der Waals surface area contributed by atoms with Crippen molar-refractivity contribution in [1.29, 1.82) is 0 Å². The van der Waals surface area contributed by atoms with Crippen molar-refractivity contribution in [1.82, 2.24) is 25.0 Å². The van der Waals surface area contributed by atoms with Crippen molar-refractivity contribution in [2.45, 2.75) is 65.1 Å². The van der Waals surface area contributed by atoms with Gasteiger partial charge in [-0.25, -0.2) is 5.01 Å². The van der Waals surface area contributed by atoms with E-state index in [0.717, 1.165) is 42.9 Å². The molecule has 0 saturated carbocycles. The molecule has 1 N–H and O–H groups in total. The van der Waals surface area contributed by atoms with Gasteiger partial charge < -0.3 is 48.2 Å². The number of nitrogens with zero attached hydrogens (tertiary/aromatic N) is 10. The molecule has 1 unspecified atom stereocenters. The van der Waals surface area contributed by atoms with Crippen LogP contribution in [-0.4, -0.2) is 193 Å². The molecule has 8 rings (SSSR count). The molecule has 2 atom stereocenters. The quantitative estimate of drug-likeness (QED) is 0.167. The number of ether oxygens (including phenoxy) is 5. The van der Waals surface area contributed by atoms with Gasteiger partial charge in [-0.05, 0) is 74.1 Å². The number of allylic oxidation sites excluding steroid dienone is 3. The summed E-state index contributed by atoms with van der Waals surface area (Å²) in [6, 6.07) is 10.8. The number of carbonyl (C=O) groups excluding carboxylic acids is 6. The molecule has 2 aromatic carbocycles. The van der Waals surface area contributed by atoms with Crippen LogP contribution in [0.25, 0.3) is 0 Å². The molecule has 22 heteroatoms. The van der Waals surface area contributed by atoms with E-state index < -0.39 is 17.9 Å². The number of imide groups is 1. The predicted molar refractivity (Wildman–Crippen MR) is 289 cm³/mol. The average Bonchev–Trinajstić information content (AvgIpc) is 3.98. The van der Waals surface area contributed by atoms with E-state index >= 15 is 0 Å². The molecule has 6 aliphatic heterocycles. The number of carbonyl (C=O) groups is 6. The molecule has 6 aliphatic rings. The fraction of sp³-hybridized carbons (Fsp3) is 0.509. The minimum Gasteiger partial charge on any atom is -0.478 e. The van der Waals surface area contributed by atoms with E-state index in [0.29, 0.717) is 106 Å². The van der Waals surface area contributed by atoms with Gasteiger partial charge >= 0.3 is 0 Å². The molecule has 0 radical (unpaired) electrons. The highest BCUT2D eigenvalue weighted by Gasteiger charge is 2.41. The van der Waals surface area contributed by atoms with Gasteiger partial charge in [0, 0.05) is 120 Å². The first-order chi connectivity index (χ1) is 37.2. The number of guanidine groups is 1. The number of piperazine rings is 1. The zero-order valence-corrected chi connectivity index (χ0v) is 44.8. The maximum Gasteiger partial charge on any atom is 0.280 e. The lowest BCUT2D eigenvalue weighted by Crippen LogP contribution is -2.52. The highest BCUT2D eigenvalue weighted by atomic mass is 16.6. The summed E-state index contributed by atoms with van der Waals surface area (Å²) in [5.74, 6) is -0.428. The topological polar surface area (TPSA) is 220 Å². The van der Waals surface area contributed by atoms with E-state index in [1.807, 2.05) is 23.8 Å². The number of fused-ring (bicyclic) bond motifs is 7. The monoisotopic (exact) mass is 1060 g/mol. The van der Waals surface area contributed by atoms with Gasteiger partial charge in [0.15, 0.2) is 0 Å². The van der Waals surface area contributed by atoms with Crippen LogP contribution < -0.4 is 20.0 Å². The summed E-state index contributed by atoms with van der Waals surface area (Å²) in [7, 11) is 5.35. The first-order valence-electron chi connectivity index (χ1n) is 26.4. The highest BCUT2D eigenvalue weighted by molar-refractivity contribution is 6.20. The van der Waals surface area contributed by atoms with Gasteiger partial charge in [-0.15, -0.1) is 0 Å². The number of aliphatic imine (C=N–C) groups is 2. The van der Waals surface area contributed by atoms with Crippen LogP contribution in [0.1, 0.15) is 67.4 Å². The van der Waals surface area contributed by atoms with Gasteiger partial charge in [0.25, 0.3) is 17.7 Å². The normalized spacial score (nSPS) is 22.1. The number of benzene rings is 2. The van der Waals surface area contributed by atoms with Crippen molar-refractivity contribution in [3.63, 3.8) is 0 Å². The van der Waals surface area contributed by atoms with E-state index in [-0.39, 0.29) is 75.2 Å². The van der Waals surface area contributed by atoms with Crippen LogP contribution in [0.15, 0.2) is 86.9 Å². The second-order valence-corrected chi connectivity index (χ2v) is 19.7. The van der Waals surface area contributed by atoms with Crippen molar-refractivity contribution in [3.8, 4) is 0 Å². The van der Waals surface area contributed by atoms with Gasteiger partial charge in [-0.1, -0.05) is 19.1 Å². The van der Waals surface area contributed by atoms with Crippen LogP contribution in [0.3, 0.4) is 0 Å². The number of amides is 6. The third-order valence-electron chi connectivity index (χ3n) is 14.2. The number of likely N-dealkylation sites (N-methyl/N-ethyl adjacent to an activating group) is 1. The summed E-state index contributed by atoms with van der Waals surface area (Å²) in [6.45, 7) is 10.7. The summed E-state index contributed by atoms with van der Waals surface area (Å²) in [5, 5.41) is 8.39. The lowest BCUT2D eigenvalue weighted by Gasteiger charge is -2.35. The standard InChI is InChI=1S/C55H71N11O11/c1-38-8-7-24-77-51-16-18-56-39(2)32-41(15-19-57-62(51)5)52(70)59-55-61(4)45-12-11-40(33-47(45)66(55)34-38)35-63-20-22-64(23-21-63)49(68)17-25-73-26-27-74-28-29-75-30-31-76-37-50(69)60(3)44-10-6-9-42-43(44)36-65(54(42)72)46-13-14-48(67)58-53(46)71/h6,9-12,15-16,18-19,32-33,38,46H,7-8,13-14,17,20-31,34-37H2,1-5H3,(H,58,67,71)/b39-32?,41-15+,51-16-,56-18?,57-19-,59-55?/t38-,46?/m1/s1. The van der Waals surface area contributed by atoms with E-state index in [2.05, 4.69) is 50.3 Å². The summed E-state index contributed by atoms with van der Waals surface area (Å²) < 4.78 is 28.6. The van der Waals surface area contributed by atoms with Crippen LogP contribution in [-0.2, 0) is 60.7 Å². The number of hydrazone groups is 1. The second-order valence-electron chi connectivity index (χ2n) is 19.7. The number of hydrogen-bond acceptors (Lipinski definition) is 17. The third-order valence-corrected chi connectivity index (χ3v) is 14.2. The Balaban J connectivity index is 0.702. The van der Waals surface area contributed by atoms with E-state index in [9.17, 15) is 28.8 Å². The molecule has 77 heavy (non-hydrogen) atoms. The zero-order valence-electron chi connectivity index (χ0n) is 44.8. The molecule has 2 bridgehead atoms. The number of nitrogens with one attached hydrogen (secondary N) is 1. The summed E-state index contributed by atoms with van der Waals surface area (Å²) in [6.07, 6.45) is 10.8. The molecule has 0 aromatic heterocycles. The number of rotatable bonds is 18. The molecule has 6 heterocycles. The van der Waals surface area contributed by atoms with Crippen molar-refractivity contribution >= 4 is 70.9 Å². The smallest absolute Gasteiger partial charge is 0.280 e. The van der Waals surface area contributed by atoms with Gasteiger partial charge in [-0.3, -0.25) is 44.0 Å². The molecule has 2 aromatic rings. The Morgan fingerprint density at radius 2 is 1.61 bits per heavy atom. The van der Waals surface area contributed by atoms with Crippen LogP contribution in [0, 0.1) is 5.92 Å². The number of hydrogen-bond donors (Lipinski definition) is 1. The molecule has 412 valence electrons. The van der Waals surface area contributed by atoms with Gasteiger partial charge in [0.05, 0.1) is 70.7 Å². The fourth-order valence-corrected chi connectivity index (χ4v) is 9.89. The lowest BCUT2D eigenvalue weighted by atomic mass is 10.0. The Hall–Kier alpha value is -7.11. The van der Waals surface area contributed by atoms with Crippen molar-refractivity contribution in [3.05, 3.63) is 88.5 Å². The molecular weight excluding hydrogens is 991 g/mol. The Morgan fingerprint density at radius 3 is 2.36 bits per heavy atom. The minimum absolute atomic E-state index is 0.0593. The van der Waals surface area contributed by atoms with Crippen LogP contribution in [0.4, 0.5) is 17.1 Å². The second kappa shape index (κ2) is 26.8. The van der Waals surface area contributed by atoms with E-state index in [1.165, 1.54) is 9.80 Å². The average molecular weight is 1060 g/mol. The maximum absolute atomic E-state index is 13.9. The summed E-state index contributed by atoms with van der Waals surface area (Å²) in [4.78, 5) is 97.9. The molecule has 6 amide bonds. The van der Waals surface area contributed by atoms with E-state index in [4.69, 9.17) is 28.7 Å². The van der Waals surface area contributed by atoms with Crippen LogP contribution in [0.5, 0.6) is 0 Å². The van der Waals surface area contributed by atoms with Crippen molar-refractivity contribution in [2.75, 3.05) is 128 Å². The lowest BCUT2D eigenvalue weighted by molar-refractivity contribution is -0.137. The Bertz CT molecular complexity index is 2710. The van der Waals surface area contributed by atoms with Crippen LogP contribution in [0.2, 0.25) is 0 Å². The first-order valence-corrected chi connectivity index (χ1v) is 26.4. The number of anilines is 3. The predicted octanol–water partition coefficient (Wildman–Crippen LogP) is 3.47. The third kappa shape index (κ3) is 14.5. The summed E-state index contributed by atoms with van der Waals surface area (Å²) >= 11 is 0. The molecule has 0 spiro atoms. The maximum atomic E-state index is 13.9. The molecule has 2 saturated heterocycles. The minimum atomic E-state index is -0.747. The van der Waals surface area contributed by atoms with Crippen molar-refractivity contribution in [2.24, 2.45) is 21.0 Å². The number of piperidine rings is 1. The van der Waals surface area contributed by atoms with Gasteiger partial charge in [-0.2, -0.15) is 10.1 Å². The molecule has 2 fully saturated rings. The molecule has 0 aliphatic carbocycles. The largest absolute Gasteiger partial charge is 0.478 e. The zero-order chi connectivity index (χ0) is 54.4. The fourth-order valence-electron chi connectivity index (χ4n) is 9.89. The first kappa shape index (κ1) is 56.1. The molecule has 22 nitrogen and oxygen atoms in total. The highest BCUT2D eigenvalue weighted by Crippen LogP contribution is 2.39. The van der Waals surface area contributed by atoms with Crippen molar-refractivity contribution < 1.29 is 52.5 Å². The van der Waals surface area contributed by atoms with Crippen LogP contribution >= 0.6 is 0 Å². The molecular formula is C55H71N11O11. The summed E-state index contributed by atoms with van der Waals surface area (Å²) in [5.41, 5.74) is 5.71. The SMILES string of the molecule is CC1=C/C2=C\C=N/N(C)/C(=C/C=N1)OCCC[C@@H](C)CN1C(=NC2=O)N(C)c2ccc(CN3CCN(C(=O)CCOCCOCCOCCOCC(=O)N(C)c4cccc5c4CN(C4CCC(=O)NC4=O)C5=O)CC3)cc21. The van der Waals surface area contributed by atoms with Gasteiger partial charge in [0.2, 0.25) is 29.6 Å². The Kier molecular flexibility index (Phi) is 19.5. The van der Waals surface area contributed by atoms with E-state index in [1.54, 1.807) is 68.0 Å². The van der Waals surface area contributed by atoms with Gasteiger partial charge in [0.1, 0.15) is 12.6 Å². The Labute approximate surface area is 449 Å². The Morgan fingerprint density at radius 1 is 0.870 bits per heavy atom.